The molecule has 5 atom stereocenters. The van der Waals surface area contributed by atoms with Gasteiger partial charge in [-0.05, 0) is 57.3 Å². The Morgan fingerprint density at radius 3 is 2.60 bits per heavy atom. The molecule has 1 unspecified atom stereocenters. The van der Waals surface area contributed by atoms with E-state index in [1.165, 1.54) is 0 Å². The van der Waals surface area contributed by atoms with Crippen molar-refractivity contribution in [2.75, 3.05) is 11.5 Å². The number of carboxylic acid groups (broad SMARTS) is 1. The van der Waals surface area contributed by atoms with E-state index >= 15 is 0 Å². The molecule has 0 spiro atoms. The van der Waals surface area contributed by atoms with Crippen LogP contribution in [0.2, 0.25) is 0 Å². The Balaban J connectivity index is 1.74. The van der Waals surface area contributed by atoms with Gasteiger partial charge in [-0.2, -0.15) is 0 Å². The lowest BCUT2D eigenvalue weighted by molar-refractivity contribution is -0.137. The summed E-state index contributed by atoms with van der Waals surface area (Å²) in [7, 11) is -0.755. The Morgan fingerprint density at radius 1 is 1.12 bits per heavy atom. The zero-order chi connectivity index (χ0) is 18.1. The fourth-order valence-electron chi connectivity index (χ4n) is 4.02. The van der Waals surface area contributed by atoms with Crippen LogP contribution in [0, 0.1) is 11.8 Å². The molecule has 2 aliphatic rings. The van der Waals surface area contributed by atoms with Crippen LogP contribution in [0.4, 0.5) is 0 Å². The third-order valence-electron chi connectivity index (χ3n) is 5.34. The van der Waals surface area contributed by atoms with Gasteiger partial charge in [0.15, 0.2) is 0 Å². The van der Waals surface area contributed by atoms with Crippen LogP contribution in [-0.2, 0) is 20.3 Å². The summed E-state index contributed by atoms with van der Waals surface area (Å²) in [5.41, 5.74) is 0. The van der Waals surface area contributed by atoms with Gasteiger partial charge in [-0.3, -0.25) is 9.00 Å². The quantitative estimate of drug-likeness (QED) is 0.393. The lowest BCUT2D eigenvalue weighted by Gasteiger charge is -2.26. The Morgan fingerprint density at radius 2 is 1.88 bits per heavy atom. The van der Waals surface area contributed by atoms with Crippen molar-refractivity contribution in [3.8, 4) is 0 Å². The maximum Gasteiger partial charge on any atom is 0.303 e. The summed E-state index contributed by atoms with van der Waals surface area (Å²) < 4.78 is 18.5. The summed E-state index contributed by atoms with van der Waals surface area (Å²) in [6, 6.07) is 0. The van der Waals surface area contributed by atoms with Gasteiger partial charge in [0.1, 0.15) is 0 Å². The summed E-state index contributed by atoms with van der Waals surface area (Å²) in [5.74, 6) is 1.73. The van der Waals surface area contributed by atoms with Gasteiger partial charge in [-0.25, -0.2) is 0 Å². The van der Waals surface area contributed by atoms with E-state index in [0.29, 0.717) is 30.5 Å². The maximum absolute atomic E-state index is 12.4. The topological polar surface area (TPSA) is 63.6 Å². The second-order valence-electron chi connectivity index (χ2n) is 7.21. The molecule has 25 heavy (non-hydrogen) atoms. The SMILES string of the molecule is C=CCCCCS(=O)C[C@@H]1[C@H](CC=CCCCC(=O)O)[C@@H]2CC[C@H]1O2. The molecule has 0 amide bonds. The number of unbranched alkanes of at least 4 members (excludes halogenated alkanes) is 3. The van der Waals surface area contributed by atoms with Crippen LogP contribution >= 0.6 is 0 Å². The molecule has 5 heteroatoms. The lowest BCUT2D eigenvalue weighted by Crippen LogP contribution is -2.31. The molecular formula is C20H32O4S. The Bertz CT molecular complexity index is 488. The number of aliphatic carboxylic acids is 1. The van der Waals surface area contributed by atoms with Crippen molar-refractivity contribution in [1.29, 1.82) is 0 Å². The van der Waals surface area contributed by atoms with Gasteiger partial charge < -0.3 is 9.84 Å². The van der Waals surface area contributed by atoms with Gasteiger partial charge in [0.2, 0.25) is 0 Å². The third kappa shape index (κ3) is 6.70. The first kappa shape index (κ1) is 20.4. The van der Waals surface area contributed by atoms with E-state index in [2.05, 4.69) is 18.7 Å². The zero-order valence-electron chi connectivity index (χ0n) is 15.1. The lowest BCUT2D eigenvalue weighted by atomic mass is 9.78. The molecule has 0 aliphatic carbocycles. The molecule has 2 saturated heterocycles. The van der Waals surface area contributed by atoms with E-state index in [4.69, 9.17) is 9.84 Å². The minimum absolute atomic E-state index is 0.231. The van der Waals surface area contributed by atoms with Crippen molar-refractivity contribution in [3.05, 3.63) is 24.8 Å². The fourth-order valence-corrected chi connectivity index (χ4v) is 5.60. The van der Waals surface area contributed by atoms with Crippen LogP contribution in [0.25, 0.3) is 0 Å². The van der Waals surface area contributed by atoms with Crippen molar-refractivity contribution < 1.29 is 18.8 Å². The third-order valence-corrected chi connectivity index (χ3v) is 6.84. The monoisotopic (exact) mass is 368 g/mol. The average Bonchev–Trinajstić information content (AvgIpc) is 3.17. The average molecular weight is 369 g/mol. The van der Waals surface area contributed by atoms with E-state index in [1.807, 2.05) is 6.08 Å². The normalized spacial score (nSPS) is 29.3. The fraction of sp³-hybridized carbons (Fsp3) is 0.750. The minimum Gasteiger partial charge on any atom is -0.481 e. The number of allylic oxidation sites excluding steroid dienone is 3. The second kappa shape index (κ2) is 10.9. The molecule has 0 aromatic rings. The Kier molecular flexibility index (Phi) is 8.90. The molecule has 0 aromatic carbocycles. The Labute approximate surface area is 154 Å². The molecule has 0 aromatic heterocycles. The van der Waals surface area contributed by atoms with Gasteiger partial charge in [0, 0.05) is 34.6 Å². The highest BCUT2D eigenvalue weighted by atomic mass is 32.2. The first-order valence-electron chi connectivity index (χ1n) is 9.60. The van der Waals surface area contributed by atoms with E-state index in [1.54, 1.807) is 0 Å². The summed E-state index contributed by atoms with van der Waals surface area (Å²) >= 11 is 0. The van der Waals surface area contributed by atoms with Crippen molar-refractivity contribution in [2.45, 2.75) is 70.0 Å². The molecule has 4 nitrogen and oxygen atoms in total. The van der Waals surface area contributed by atoms with Crippen LogP contribution in [-0.4, -0.2) is 39.0 Å². The van der Waals surface area contributed by atoms with Crippen molar-refractivity contribution >= 4 is 16.8 Å². The summed E-state index contributed by atoms with van der Waals surface area (Å²) in [6.45, 7) is 3.72. The molecular weight excluding hydrogens is 336 g/mol. The molecule has 2 bridgehead atoms. The van der Waals surface area contributed by atoms with Crippen LogP contribution < -0.4 is 0 Å². The molecule has 2 rings (SSSR count). The first-order valence-corrected chi connectivity index (χ1v) is 11.1. The molecule has 2 heterocycles. The second-order valence-corrected chi connectivity index (χ2v) is 8.83. The highest BCUT2D eigenvalue weighted by Crippen LogP contribution is 2.45. The van der Waals surface area contributed by atoms with Gasteiger partial charge >= 0.3 is 5.97 Å². The first-order chi connectivity index (χ1) is 12.1. The van der Waals surface area contributed by atoms with E-state index in [-0.39, 0.29) is 6.42 Å². The van der Waals surface area contributed by atoms with E-state index in [9.17, 15) is 9.00 Å². The summed E-state index contributed by atoms with van der Waals surface area (Å²) in [5, 5.41) is 8.65. The number of rotatable bonds is 13. The largest absolute Gasteiger partial charge is 0.481 e. The van der Waals surface area contributed by atoms with Crippen molar-refractivity contribution in [3.63, 3.8) is 0 Å². The number of fused-ring (bicyclic) bond motifs is 2. The van der Waals surface area contributed by atoms with E-state index in [0.717, 1.165) is 56.5 Å². The number of carboxylic acids is 1. The molecule has 142 valence electrons. The van der Waals surface area contributed by atoms with Crippen LogP contribution in [0.3, 0.4) is 0 Å². The predicted octanol–water partition coefficient (Wildman–Crippen LogP) is 4.09. The number of ether oxygens (including phenoxy) is 1. The van der Waals surface area contributed by atoms with Gasteiger partial charge in [-0.1, -0.05) is 18.2 Å². The molecule has 0 saturated carbocycles. The van der Waals surface area contributed by atoms with Crippen molar-refractivity contribution in [1.82, 2.24) is 0 Å². The highest BCUT2D eigenvalue weighted by Gasteiger charge is 2.48. The van der Waals surface area contributed by atoms with Crippen LogP contribution in [0.15, 0.2) is 24.8 Å². The van der Waals surface area contributed by atoms with Gasteiger partial charge in [-0.15, -0.1) is 6.58 Å². The molecule has 1 N–H and O–H groups in total. The predicted molar refractivity (Wildman–Crippen MR) is 102 cm³/mol. The molecule has 0 radical (unpaired) electrons. The summed E-state index contributed by atoms with van der Waals surface area (Å²) in [6.07, 6.45) is 14.9. The minimum atomic E-state index is -0.755. The standard InChI is InChI=1S/C20H32O4S/c1-2-3-4-9-14-25(23)15-17-16(18-12-13-19(17)24-18)10-7-5-6-8-11-20(21)22/h2,5,7,16-19H,1,3-4,6,8-15H2,(H,21,22)/t16-,17+,18-,19+,25?/m0/s1. The van der Waals surface area contributed by atoms with Crippen LogP contribution in [0.5, 0.6) is 0 Å². The highest BCUT2D eigenvalue weighted by molar-refractivity contribution is 7.84. The molecule has 2 fully saturated rings. The zero-order valence-corrected chi connectivity index (χ0v) is 15.9. The van der Waals surface area contributed by atoms with E-state index < -0.39 is 16.8 Å². The number of hydrogen-bond acceptors (Lipinski definition) is 3. The Hall–Kier alpha value is -0.940. The maximum atomic E-state index is 12.4. The van der Waals surface area contributed by atoms with Crippen LogP contribution in [0.1, 0.15) is 57.8 Å². The number of carbonyl (C=O) groups is 1. The molecule has 2 aliphatic heterocycles. The smallest absolute Gasteiger partial charge is 0.303 e. The van der Waals surface area contributed by atoms with Gasteiger partial charge in [0.25, 0.3) is 0 Å². The number of hydrogen-bond donors (Lipinski definition) is 1. The summed E-state index contributed by atoms with van der Waals surface area (Å²) in [4.78, 5) is 10.5. The van der Waals surface area contributed by atoms with Gasteiger partial charge in [0.05, 0.1) is 12.2 Å². The van der Waals surface area contributed by atoms with Crippen molar-refractivity contribution in [2.24, 2.45) is 11.8 Å².